The first-order valence-electron chi connectivity index (χ1n) is 5.74. The van der Waals surface area contributed by atoms with Crippen LogP contribution in [-0.2, 0) is 0 Å². The van der Waals surface area contributed by atoms with Crippen molar-refractivity contribution in [2.45, 2.75) is 13.8 Å². The molecule has 0 aliphatic heterocycles. The average molecular weight is 241 g/mol. The molecule has 18 heavy (non-hydrogen) atoms. The molecule has 3 heteroatoms. The summed E-state index contributed by atoms with van der Waals surface area (Å²) in [6.45, 7) is 3.93. The molecule has 0 radical (unpaired) electrons. The number of nitrogens with one attached hydrogen (secondary N) is 1. The van der Waals surface area contributed by atoms with Crippen LogP contribution in [0.1, 0.15) is 21.5 Å². The van der Waals surface area contributed by atoms with Gasteiger partial charge in [-0.25, -0.2) is 4.79 Å². The van der Waals surface area contributed by atoms with E-state index in [1.165, 1.54) is 5.56 Å². The molecule has 0 unspecified atom stereocenters. The standard InChI is InChI=1S/C15H15NO2/c1-10-3-6-13(7-4-10)16-14-8-5-12(15(17)18)9-11(14)2/h3-9,16H,1-2H3,(H,17,18). The van der Waals surface area contributed by atoms with Gasteiger partial charge in [-0.05, 0) is 49.7 Å². The summed E-state index contributed by atoms with van der Waals surface area (Å²) in [5.41, 5.74) is 4.34. The van der Waals surface area contributed by atoms with Crippen molar-refractivity contribution in [1.82, 2.24) is 0 Å². The highest BCUT2D eigenvalue weighted by atomic mass is 16.4. The number of carbonyl (C=O) groups is 1. The third kappa shape index (κ3) is 2.69. The summed E-state index contributed by atoms with van der Waals surface area (Å²) in [6, 6.07) is 13.1. The van der Waals surface area contributed by atoms with Crippen LogP contribution in [0.2, 0.25) is 0 Å². The average Bonchev–Trinajstić information content (AvgIpc) is 2.34. The second-order valence-corrected chi connectivity index (χ2v) is 4.33. The van der Waals surface area contributed by atoms with Crippen LogP contribution in [0.3, 0.4) is 0 Å². The molecule has 0 spiro atoms. The molecule has 0 aliphatic carbocycles. The third-order valence-electron chi connectivity index (χ3n) is 2.80. The van der Waals surface area contributed by atoms with E-state index in [1.807, 2.05) is 38.1 Å². The van der Waals surface area contributed by atoms with Crippen molar-refractivity contribution in [2.24, 2.45) is 0 Å². The molecule has 2 aromatic rings. The van der Waals surface area contributed by atoms with Gasteiger partial charge in [-0.1, -0.05) is 17.7 Å². The smallest absolute Gasteiger partial charge is 0.335 e. The molecular weight excluding hydrogens is 226 g/mol. The van der Waals surface area contributed by atoms with E-state index in [4.69, 9.17) is 5.11 Å². The minimum atomic E-state index is -0.903. The Morgan fingerprint density at radius 3 is 2.28 bits per heavy atom. The maximum absolute atomic E-state index is 10.8. The van der Waals surface area contributed by atoms with E-state index in [2.05, 4.69) is 5.32 Å². The normalized spacial score (nSPS) is 10.1. The van der Waals surface area contributed by atoms with Gasteiger partial charge in [0, 0.05) is 11.4 Å². The Kier molecular flexibility index (Phi) is 3.33. The second-order valence-electron chi connectivity index (χ2n) is 4.33. The van der Waals surface area contributed by atoms with Gasteiger partial charge in [-0.15, -0.1) is 0 Å². The summed E-state index contributed by atoms with van der Waals surface area (Å²) in [7, 11) is 0. The van der Waals surface area contributed by atoms with Gasteiger partial charge in [-0.2, -0.15) is 0 Å². The first-order chi connectivity index (χ1) is 8.56. The Morgan fingerprint density at radius 2 is 1.72 bits per heavy atom. The summed E-state index contributed by atoms with van der Waals surface area (Å²) in [5.74, 6) is -0.903. The summed E-state index contributed by atoms with van der Waals surface area (Å²) >= 11 is 0. The summed E-state index contributed by atoms with van der Waals surface area (Å²) in [6.07, 6.45) is 0. The minimum Gasteiger partial charge on any atom is -0.478 e. The maximum Gasteiger partial charge on any atom is 0.335 e. The second kappa shape index (κ2) is 4.92. The van der Waals surface area contributed by atoms with E-state index in [-0.39, 0.29) is 0 Å². The monoisotopic (exact) mass is 241 g/mol. The lowest BCUT2D eigenvalue weighted by molar-refractivity contribution is 0.0697. The Hall–Kier alpha value is -2.29. The van der Waals surface area contributed by atoms with Gasteiger partial charge < -0.3 is 10.4 Å². The zero-order valence-corrected chi connectivity index (χ0v) is 10.4. The number of benzene rings is 2. The van der Waals surface area contributed by atoms with Crippen molar-refractivity contribution in [1.29, 1.82) is 0 Å². The Bertz CT molecular complexity index is 574. The summed E-state index contributed by atoms with van der Waals surface area (Å²) < 4.78 is 0. The van der Waals surface area contributed by atoms with Crippen LogP contribution in [-0.4, -0.2) is 11.1 Å². The van der Waals surface area contributed by atoms with Crippen molar-refractivity contribution in [2.75, 3.05) is 5.32 Å². The van der Waals surface area contributed by atoms with Gasteiger partial charge in [0.15, 0.2) is 0 Å². The Labute approximate surface area is 106 Å². The van der Waals surface area contributed by atoms with Crippen molar-refractivity contribution in [3.05, 3.63) is 59.2 Å². The molecular formula is C15H15NO2. The molecule has 92 valence electrons. The summed E-state index contributed by atoms with van der Waals surface area (Å²) in [5, 5.41) is 12.2. The zero-order chi connectivity index (χ0) is 13.1. The highest BCUT2D eigenvalue weighted by Gasteiger charge is 2.05. The van der Waals surface area contributed by atoms with Crippen molar-refractivity contribution in [3.63, 3.8) is 0 Å². The zero-order valence-electron chi connectivity index (χ0n) is 10.4. The predicted molar refractivity (Wildman–Crippen MR) is 72.6 cm³/mol. The molecule has 0 aliphatic rings. The van der Waals surface area contributed by atoms with Crippen LogP contribution in [0.4, 0.5) is 11.4 Å². The van der Waals surface area contributed by atoms with E-state index in [0.29, 0.717) is 5.56 Å². The highest BCUT2D eigenvalue weighted by Crippen LogP contribution is 2.21. The highest BCUT2D eigenvalue weighted by molar-refractivity contribution is 5.88. The lowest BCUT2D eigenvalue weighted by Crippen LogP contribution is -1.99. The fraction of sp³-hybridized carbons (Fsp3) is 0.133. The number of hydrogen-bond donors (Lipinski definition) is 2. The number of anilines is 2. The molecule has 2 aromatic carbocycles. The molecule has 2 rings (SSSR count). The Morgan fingerprint density at radius 1 is 1.06 bits per heavy atom. The van der Waals surface area contributed by atoms with E-state index in [0.717, 1.165) is 16.9 Å². The molecule has 0 amide bonds. The SMILES string of the molecule is Cc1ccc(Nc2ccc(C(=O)O)cc2C)cc1. The predicted octanol–water partition coefficient (Wildman–Crippen LogP) is 3.75. The number of carboxylic acids is 1. The van der Waals surface area contributed by atoms with Gasteiger partial charge in [0.25, 0.3) is 0 Å². The lowest BCUT2D eigenvalue weighted by atomic mass is 10.1. The van der Waals surface area contributed by atoms with Crippen LogP contribution in [0.5, 0.6) is 0 Å². The first kappa shape index (κ1) is 12.2. The van der Waals surface area contributed by atoms with Crippen LogP contribution in [0, 0.1) is 13.8 Å². The Balaban J connectivity index is 2.24. The lowest BCUT2D eigenvalue weighted by Gasteiger charge is -2.10. The number of carboxylic acid groups (broad SMARTS) is 1. The molecule has 0 heterocycles. The molecule has 0 fully saturated rings. The van der Waals surface area contributed by atoms with Crippen LogP contribution in [0.15, 0.2) is 42.5 Å². The van der Waals surface area contributed by atoms with Crippen molar-refractivity contribution >= 4 is 17.3 Å². The number of rotatable bonds is 3. The fourth-order valence-corrected chi connectivity index (χ4v) is 1.73. The quantitative estimate of drug-likeness (QED) is 0.860. The summed E-state index contributed by atoms with van der Waals surface area (Å²) in [4.78, 5) is 10.8. The third-order valence-corrected chi connectivity index (χ3v) is 2.80. The first-order valence-corrected chi connectivity index (χ1v) is 5.74. The van der Waals surface area contributed by atoms with Gasteiger partial charge in [0.2, 0.25) is 0 Å². The maximum atomic E-state index is 10.8. The van der Waals surface area contributed by atoms with Crippen LogP contribution < -0.4 is 5.32 Å². The molecule has 3 nitrogen and oxygen atoms in total. The van der Waals surface area contributed by atoms with Crippen LogP contribution >= 0.6 is 0 Å². The van der Waals surface area contributed by atoms with E-state index < -0.39 is 5.97 Å². The molecule has 0 aromatic heterocycles. The van der Waals surface area contributed by atoms with Gasteiger partial charge in [0.1, 0.15) is 0 Å². The number of aryl methyl sites for hydroxylation is 2. The molecule has 0 saturated heterocycles. The minimum absolute atomic E-state index is 0.307. The topological polar surface area (TPSA) is 49.3 Å². The van der Waals surface area contributed by atoms with E-state index in [1.54, 1.807) is 18.2 Å². The van der Waals surface area contributed by atoms with Crippen LogP contribution in [0.25, 0.3) is 0 Å². The van der Waals surface area contributed by atoms with Gasteiger partial charge >= 0.3 is 5.97 Å². The molecule has 2 N–H and O–H groups in total. The number of aromatic carboxylic acids is 1. The largest absolute Gasteiger partial charge is 0.478 e. The van der Waals surface area contributed by atoms with Gasteiger partial charge in [0.05, 0.1) is 5.56 Å². The van der Waals surface area contributed by atoms with E-state index >= 15 is 0 Å². The van der Waals surface area contributed by atoms with Crippen molar-refractivity contribution < 1.29 is 9.90 Å². The number of hydrogen-bond acceptors (Lipinski definition) is 2. The van der Waals surface area contributed by atoms with Gasteiger partial charge in [-0.3, -0.25) is 0 Å². The molecule has 0 atom stereocenters. The fourth-order valence-electron chi connectivity index (χ4n) is 1.73. The molecule has 0 bridgehead atoms. The van der Waals surface area contributed by atoms with E-state index in [9.17, 15) is 4.79 Å². The molecule has 0 saturated carbocycles. The van der Waals surface area contributed by atoms with Crippen molar-refractivity contribution in [3.8, 4) is 0 Å².